The van der Waals surface area contributed by atoms with Crippen molar-refractivity contribution in [1.82, 2.24) is 5.32 Å². The van der Waals surface area contributed by atoms with E-state index in [2.05, 4.69) is 5.32 Å². The minimum Gasteiger partial charge on any atom is -0.480 e. The summed E-state index contributed by atoms with van der Waals surface area (Å²) in [5.41, 5.74) is 0.248. The van der Waals surface area contributed by atoms with Crippen LogP contribution in [0.15, 0.2) is 24.3 Å². The van der Waals surface area contributed by atoms with Gasteiger partial charge in [-0.25, -0.2) is 4.39 Å². The zero-order valence-corrected chi connectivity index (χ0v) is 8.74. The minimum atomic E-state index is -1.12. The van der Waals surface area contributed by atoms with Crippen LogP contribution in [0, 0.1) is 5.82 Å². The highest BCUT2D eigenvalue weighted by Crippen LogP contribution is 2.06. The molecule has 2 N–H and O–H groups in total. The molecule has 5 heteroatoms. The molecule has 86 valence electrons. The summed E-state index contributed by atoms with van der Waals surface area (Å²) < 4.78 is 13.1. The van der Waals surface area contributed by atoms with Crippen molar-refractivity contribution in [1.29, 1.82) is 0 Å². The molecule has 0 heterocycles. The van der Waals surface area contributed by atoms with Crippen molar-refractivity contribution in [3.05, 3.63) is 35.6 Å². The Kier molecular flexibility index (Phi) is 3.99. The summed E-state index contributed by atoms with van der Waals surface area (Å²) in [4.78, 5) is 21.8. The third-order valence-electron chi connectivity index (χ3n) is 2.06. The zero-order chi connectivity index (χ0) is 12.1. The molecule has 1 aromatic rings. The van der Waals surface area contributed by atoms with Crippen LogP contribution in [-0.2, 0) is 16.0 Å². The van der Waals surface area contributed by atoms with E-state index in [4.69, 9.17) is 5.11 Å². The number of carboxylic acid groups (broad SMARTS) is 1. The molecule has 0 aromatic heterocycles. The van der Waals surface area contributed by atoms with E-state index in [9.17, 15) is 14.0 Å². The largest absolute Gasteiger partial charge is 0.480 e. The fourth-order valence-corrected chi connectivity index (χ4v) is 1.17. The molecule has 1 rings (SSSR count). The Balaban J connectivity index is 2.59. The first-order valence-electron chi connectivity index (χ1n) is 4.76. The van der Waals surface area contributed by atoms with Crippen molar-refractivity contribution < 1.29 is 19.1 Å². The van der Waals surface area contributed by atoms with Crippen molar-refractivity contribution >= 4 is 11.9 Å². The van der Waals surface area contributed by atoms with E-state index in [-0.39, 0.29) is 12.0 Å². The van der Waals surface area contributed by atoms with Gasteiger partial charge in [-0.2, -0.15) is 0 Å². The molecular formula is C11H12FNO3. The third kappa shape index (κ3) is 3.34. The van der Waals surface area contributed by atoms with Crippen LogP contribution in [0.5, 0.6) is 0 Å². The molecule has 0 saturated heterocycles. The summed E-state index contributed by atoms with van der Waals surface area (Å²) in [5, 5.41) is 10.8. The highest BCUT2D eigenvalue weighted by Gasteiger charge is 2.14. The number of aliphatic carboxylic acids is 1. The lowest BCUT2D eigenvalue weighted by Gasteiger charge is -2.09. The van der Waals surface area contributed by atoms with Gasteiger partial charge in [0, 0.05) is 0 Å². The normalized spacial score (nSPS) is 11.9. The van der Waals surface area contributed by atoms with Crippen LogP contribution in [0.4, 0.5) is 4.39 Å². The first-order chi connectivity index (χ1) is 7.50. The standard InChI is InChI=1S/C11H12FNO3/c1-7(11(15)16)13-10(14)6-8-4-2-3-5-9(8)12/h2-5,7H,6H2,1H3,(H,13,14)(H,15,16)/t7-/m0/s1. The van der Waals surface area contributed by atoms with E-state index in [1.54, 1.807) is 6.07 Å². The predicted octanol–water partition coefficient (Wildman–Crippen LogP) is 0.957. The molecule has 1 atom stereocenters. The summed E-state index contributed by atoms with van der Waals surface area (Å²) in [7, 11) is 0. The van der Waals surface area contributed by atoms with E-state index in [1.165, 1.54) is 25.1 Å². The van der Waals surface area contributed by atoms with Crippen molar-refractivity contribution in [3.8, 4) is 0 Å². The number of carbonyl (C=O) groups is 2. The molecule has 0 aliphatic carbocycles. The summed E-state index contributed by atoms with van der Waals surface area (Å²) in [5.74, 6) is -2.11. The zero-order valence-electron chi connectivity index (χ0n) is 8.74. The molecule has 1 aromatic carbocycles. The van der Waals surface area contributed by atoms with Gasteiger partial charge < -0.3 is 10.4 Å². The number of amides is 1. The maximum Gasteiger partial charge on any atom is 0.325 e. The van der Waals surface area contributed by atoms with Gasteiger partial charge in [0.1, 0.15) is 11.9 Å². The number of hydrogen-bond acceptors (Lipinski definition) is 2. The van der Waals surface area contributed by atoms with Gasteiger partial charge in [0.2, 0.25) is 5.91 Å². The summed E-state index contributed by atoms with van der Waals surface area (Å²) in [6, 6.07) is 4.91. The van der Waals surface area contributed by atoms with E-state index in [0.29, 0.717) is 0 Å². The number of rotatable bonds is 4. The lowest BCUT2D eigenvalue weighted by atomic mass is 10.1. The quantitative estimate of drug-likeness (QED) is 0.802. The lowest BCUT2D eigenvalue weighted by molar-refractivity contribution is -0.141. The van der Waals surface area contributed by atoms with Gasteiger partial charge >= 0.3 is 5.97 Å². The second-order valence-corrected chi connectivity index (χ2v) is 3.40. The number of carboxylic acids is 1. The summed E-state index contributed by atoms with van der Waals surface area (Å²) >= 11 is 0. The number of nitrogens with one attached hydrogen (secondary N) is 1. The number of benzene rings is 1. The maximum absolute atomic E-state index is 13.1. The lowest BCUT2D eigenvalue weighted by Crippen LogP contribution is -2.39. The third-order valence-corrected chi connectivity index (χ3v) is 2.06. The number of hydrogen-bond donors (Lipinski definition) is 2. The number of carbonyl (C=O) groups excluding carboxylic acids is 1. The average Bonchev–Trinajstić information content (AvgIpc) is 2.21. The molecule has 4 nitrogen and oxygen atoms in total. The summed E-state index contributed by atoms with van der Waals surface area (Å²) in [6.45, 7) is 1.35. The fraction of sp³-hybridized carbons (Fsp3) is 0.273. The van der Waals surface area contributed by atoms with Gasteiger partial charge in [-0.1, -0.05) is 18.2 Å². The molecule has 0 unspecified atom stereocenters. The maximum atomic E-state index is 13.1. The van der Waals surface area contributed by atoms with E-state index in [0.717, 1.165) is 0 Å². The first kappa shape index (κ1) is 12.2. The highest BCUT2D eigenvalue weighted by atomic mass is 19.1. The Morgan fingerprint density at radius 1 is 1.44 bits per heavy atom. The molecule has 0 spiro atoms. The molecule has 0 aliphatic heterocycles. The van der Waals surface area contributed by atoms with Gasteiger partial charge in [-0.05, 0) is 18.6 Å². The van der Waals surface area contributed by atoms with Crippen LogP contribution >= 0.6 is 0 Å². The summed E-state index contributed by atoms with van der Waals surface area (Å²) in [6.07, 6.45) is -0.162. The monoisotopic (exact) mass is 225 g/mol. The molecule has 1 amide bonds. The molecular weight excluding hydrogens is 213 g/mol. The predicted molar refractivity (Wildman–Crippen MR) is 55.3 cm³/mol. The molecule has 0 aliphatic rings. The van der Waals surface area contributed by atoms with Crippen molar-refractivity contribution in [3.63, 3.8) is 0 Å². The Morgan fingerprint density at radius 2 is 2.06 bits per heavy atom. The van der Waals surface area contributed by atoms with Crippen LogP contribution < -0.4 is 5.32 Å². The molecule has 0 radical (unpaired) electrons. The van der Waals surface area contributed by atoms with Crippen LogP contribution in [0.1, 0.15) is 12.5 Å². The van der Waals surface area contributed by atoms with E-state index < -0.39 is 23.7 Å². The average molecular weight is 225 g/mol. The van der Waals surface area contributed by atoms with Crippen molar-refractivity contribution in [2.75, 3.05) is 0 Å². The Morgan fingerprint density at radius 3 is 2.62 bits per heavy atom. The van der Waals surface area contributed by atoms with Gasteiger partial charge in [0.15, 0.2) is 0 Å². The molecule has 0 fully saturated rings. The Labute approximate surface area is 92.1 Å². The van der Waals surface area contributed by atoms with E-state index in [1.807, 2.05) is 0 Å². The van der Waals surface area contributed by atoms with Crippen LogP contribution in [-0.4, -0.2) is 23.0 Å². The van der Waals surface area contributed by atoms with Crippen LogP contribution in [0.25, 0.3) is 0 Å². The van der Waals surface area contributed by atoms with Crippen molar-refractivity contribution in [2.45, 2.75) is 19.4 Å². The Bertz CT molecular complexity index is 406. The van der Waals surface area contributed by atoms with Gasteiger partial charge in [-0.15, -0.1) is 0 Å². The topological polar surface area (TPSA) is 66.4 Å². The molecule has 0 saturated carbocycles. The highest BCUT2D eigenvalue weighted by molar-refractivity contribution is 5.84. The van der Waals surface area contributed by atoms with Crippen molar-refractivity contribution in [2.24, 2.45) is 0 Å². The SMILES string of the molecule is C[C@H](NC(=O)Cc1ccccc1F)C(=O)O. The fourth-order valence-electron chi connectivity index (χ4n) is 1.17. The van der Waals surface area contributed by atoms with Gasteiger partial charge in [-0.3, -0.25) is 9.59 Å². The van der Waals surface area contributed by atoms with Gasteiger partial charge in [0.25, 0.3) is 0 Å². The first-order valence-corrected chi connectivity index (χ1v) is 4.76. The Hall–Kier alpha value is -1.91. The van der Waals surface area contributed by atoms with Gasteiger partial charge in [0.05, 0.1) is 6.42 Å². The smallest absolute Gasteiger partial charge is 0.325 e. The van der Waals surface area contributed by atoms with E-state index >= 15 is 0 Å². The second-order valence-electron chi connectivity index (χ2n) is 3.40. The van der Waals surface area contributed by atoms with Crippen LogP contribution in [0.3, 0.4) is 0 Å². The minimum absolute atomic E-state index is 0.162. The van der Waals surface area contributed by atoms with Crippen LogP contribution in [0.2, 0.25) is 0 Å². The molecule has 16 heavy (non-hydrogen) atoms. The number of halogens is 1. The molecule has 0 bridgehead atoms. The second kappa shape index (κ2) is 5.25.